The predicted molar refractivity (Wildman–Crippen MR) is 127 cm³/mol. The SMILES string of the molecule is CC(C)CCCCCC(=O)O.CC(O)COC(C)CO.O=C(O)CCCCCCCC(=O)O. The molecule has 198 valence electrons. The van der Waals surface area contributed by atoms with Crippen LogP contribution in [0.1, 0.15) is 105 Å². The van der Waals surface area contributed by atoms with Gasteiger partial charge in [0.2, 0.25) is 0 Å². The van der Waals surface area contributed by atoms with Crippen molar-refractivity contribution in [1.82, 2.24) is 0 Å². The summed E-state index contributed by atoms with van der Waals surface area (Å²) >= 11 is 0. The average molecular weight is 481 g/mol. The number of aliphatic hydroxyl groups is 2. The van der Waals surface area contributed by atoms with Crippen molar-refractivity contribution in [2.75, 3.05) is 13.2 Å². The maximum Gasteiger partial charge on any atom is 0.303 e. The summed E-state index contributed by atoms with van der Waals surface area (Å²) in [7, 11) is 0. The molecule has 0 saturated heterocycles. The molecule has 0 heterocycles. The van der Waals surface area contributed by atoms with E-state index in [0.717, 1.165) is 38.0 Å². The molecule has 0 saturated carbocycles. The molecule has 33 heavy (non-hydrogen) atoms. The minimum Gasteiger partial charge on any atom is -0.481 e. The largest absolute Gasteiger partial charge is 0.481 e. The van der Waals surface area contributed by atoms with Crippen LogP contribution in [-0.4, -0.2) is 68.9 Å². The van der Waals surface area contributed by atoms with Crippen LogP contribution in [0.25, 0.3) is 0 Å². The lowest BCUT2D eigenvalue weighted by Gasteiger charge is -2.10. The van der Waals surface area contributed by atoms with Crippen LogP contribution in [0.15, 0.2) is 0 Å². The van der Waals surface area contributed by atoms with Gasteiger partial charge in [-0.3, -0.25) is 14.4 Å². The zero-order chi connectivity index (χ0) is 26.1. The molecule has 0 aromatic heterocycles. The molecule has 9 heteroatoms. The van der Waals surface area contributed by atoms with Gasteiger partial charge in [-0.2, -0.15) is 0 Å². The molecular weight excluding hydrogens is 432 g/mol. The number of aliphatic carboxylic acids is 3. The van der Waals surface area contributed by atoms with Gasteiger partial charge in [0.25, 0.3) is 0 Å². The van der Waals surface area contributed by atoms with E-state index in [4.69, 9.17) is 30.3 Å². The van der Waals surface area contributed by atoms with E-state index in [1.165, 1.54) is 12.8 Å². The first-order valence-electron chi connectivity index (χ1n) is 12.0. The summed E-state index contributed by atoms with van der Waals surface area (Å²) in [6.45, 7) is 8.08. The molecule has 0 fully saturated rings. The molecule has 0 aromatic rings. The number of unbranched alkanes of at least 4 members (excludes halogenated alkanes) is 6. The molecule has 0 aromatic carbocycles. The first-order chi connectivity index (χ1) is 15.4. The lowest BCUT2D eigenvalue weighted by Crippen LogP contribution is -2.19. The van der Waals surface area contributed by atoms with Crippen LogP contribution in [0.2, 0.25) is 0 Å². The average Bonchev–Trinajstić information content (AvgIpc) is 2.71. The van der Waals surface area contributed by atoms with Crippen LogP contribution in [0.5, 0.6) is 0 Å². The topological polar surface area (TPSA) is 162 Å². The predicted octanol–water partition coefficient (Wildman–Crippen LogP) is 4.33. The molecule has 0 aliphatic heterocycles. The fourth-order valence-corrected chi connectivity index (χ4v) is 2.44. The standard InChI is InChI=1S/C9H16O4.C9H18O2.C6H14O3/c10-8(11)6-4-2-1-3-5-7-9(12)13;1-8(2)6-4-3-5-7-9(10)11;1-5(8)4-9-6(2)3-7/h1-7H2,(H,10,11)(H,12,13);8H,3-7H2,1-2H3,(H,10,11);5-8H,3-4H2,1-2H3. The maximum atomic E-state index is 10.1. The molecule has 0 spiro atoms. The Morgan fingerprint density at radius 2 is 1.03 bits per heavy atom. The van der Waals surface area contributed by atoms with Gasteiger partial charge in [-0.25, -0.2) is 0 Å². The monoisotopic (exact) mass is 480 g/mol. The minimum absolute atomic E-state index is 0.00667. The van der Waals surface area contributed by atoms with Crippen LogP contribution >= 0.6 is 0 Å². The molecule has 0 radical (unpaired) electrons. The van der Waals surface area contributed by atoms with Crippen LogP contribution in [0.3, 0.4) is 0 Å². The van der Waals surface area contributed by atoms with Crippen LogP contribution < -0.4 is 0 Å². The third kappa shape index (κ3) is 44.7. The van der Waals surface area contributed by atoms with E-state index in [1.54, 1.807) is 13.8 Å². The molecule has 5 N–H and O–H groups in total. The van der Waals surface area contributed by atoms with Crippen molar-refractivity contribution < 1.29 is 44.7 Å². The smallest absolute Gasteiger partial charge is 0.303 e. The summed E-state index contributed by atoms with van der Waals surface area (Å²) in [6.07, 6.45) is 8.54. The molecular formula is C24H48O9. The van der Waals surface area contributed by atoms with Crippen molar-refractivity contribution in [2.45, 2.75) is 117 Å². The Labute approximate surface area is 199 Å². The van der Waals surface area contributed by atoms with Gasteiger partial charge in [0.05, 0.1) is 25.4 Å². The van der Waals surface area contributed by atoms with Crippen molar-refractivity contribution in [2.24, 2.45) is 5.92 Å². The summed E-state index contributed by atoms with van der Waals surface area (Å²) in [5.41, 5.74) is 0. The maximum absolute atomic E-state index is 10.1. The minimum atomic E-state index is -0.759. The Morgan fingerprint density at radius 1 is 0.667 bits per heavy atom. The molecule has 9 nitrogen and oxygen atoms in total. The second-order valence-corrected chi connectivity index (χ2v) is 8.62. The van der Waals surface area contributed by atoms with Gasteiger partial charge in [-0.05, 0) is 39.0 Å². The third-order valence-electron chi connectivity index (χ3n) is 4.33. The molecule has 0 rings (SSSR count). The Balaban J connectivity index is -0.000000416. The van der Waals surface area contributed by atoms with E-state index in [1.807, 2.05) is 0 Å². The van der Waals surface area contributed by atoms with Gasteiger partial charge in [0.1, 0.15) is 0 Å². The van der Waals surface area contributed by atoms with Gasteiger partial charge in [0.15, 0.2) is 0 Å². The second-order valence-electron chi connectivity index (χ2n) is 8.62. The number of hydrogen-bond donors (Lipinski definition) is 5. The number of carboxylic acids is 3. The highest BCUT2D eigenvalue weighted by atomic mass is 16.5. The van der Waals surface area contributed by atoms with Gasteiger partial charge >= 0.3 is 17.9 Å². The zero-order valence-electron chi connectivity index (χ0n) is 21.0. The summed E-state index contributed by atoms with van der Waals surface area (Å²) in [6, 6.07) is 0. The number of rotatable bonds is 18. The van der Waals surface area contributed by atoms with E-state index in [-0.39, 0.29) is 25.6 Å². The normalized spacial score (nSPS) is 12.1. The van der Waals surface area contributed by atoms with Crippen LogP contribution in [0.4, 0.5) is 0 Å². The Kier molecular flexibility index (Phi) is 28.9. The first kappa shape index (κ1) is 35.9. The number of carboxylic acid groups (broad SMARTS) is 3. The highest BCUT2D eigenvalue weighted by Gasteiger charge is 2.01. The molecule has 0 aliphatic carbocycles. The molecule has 0 bridgehead atoms. The summed E-state index contributed by atoms with van der Waals surface area (Å²) in [4.78, 5) is 30.3. The molecule has 0 amide bonds. The number of ether oxygens (including phenoxy) is 1. The number of aliphatic hydroxyl groups excluding tert-OH is 2. The van der Waals surface area contributed by atoms with Gasteiger partial charge in [-0.1, -0.05) is 52.4 Å². The van der Waals surface area contributed by atoms with Crippen molar-refractivity contribution in [3.8, 4) is 0 Å². The molecule has 0 aliphatic rings. The van der Waals surface area contributed by atoms with E-state index < -0.39 is 24.0 Å². The fourth-order valence-electron chi connectivity index (χ4n) is 2.44. The first-order valence-corrected chi connectivity index (χ1v) is 12.0. The molecule has 2 unspecified atom stereocenters. The van der Waals surface area contributed by atoms with Gasteiger partial charge < -0.3 is 30.3 Å². The van der Waals surface area contributed by atoms with Crippen LogP contribution in [-0.2, 0) is 19.1 Å². The van der Waals surface area contributed by atoms with E-state index in [2.05, 4.69) is 13.8 Å². The van der Waals surface area contributed by atoms with Crippen molar-refractivity contribution in [3.05, 3.63) is 0 Å². The zero-order valence-corrected chi connectivity index (χ0v) is 21.0. The Morgan fingerprint density at radius 3 is 1.33 bits per heavy atom. The van der Waals surface area contributed by atoms with E-state index >= 15 is 0 Å². The lowest BCUT2D eigenvalue weighted by molar-refractivity contribution is -0.138. The molecule has 2 atom stereocenters. The van der Waals surface area contributed by atoms with Crippen LogP contribution in [0, 0.1) is 5.92 Å². The second kappa shape index (κ2) is 26.5. The summed E-state index contributed by atoms with van der Waals surface area (Å²) in [5.74, 6) is -1.44. The van der Waals surface area contributed by atoms with E-state index in [0.29, 0.717) is 25.9 Å². The van der Waals surface area contributed by atoms with Gasteiger partial charge in [0, 0.05) is 19.3 Å². The number of carbonyl (C=O) groups is 3. The summed E-state index contributed by atoms with van der Waals surface area (Å²) in [5, 5.41) is 42.1. The fraction of sp³-hybridized carbons (Fsp3) is 0.875. The van der Waals surface area contributed by atoms with Crippen molar-refractivity contribution in [3.63, 3.8) is 0 Å². The van der Waals surface area contributed by atoms with Crippen molar-refractivity contribution in [1.29, 1.82) is 0 Å². The van der Waals surface area contributed by atoms with E-state index in [9.17, 15) is 14.4 Å². The Hall–Kier alpha value is -1.71. The quantitative estimate of drug-likeness (QED) is 0.180. The summed E-state index contributed by atoms with van der Waals surface area (Å²) < 4.78 is 4.95. The van der Waals surface area contributed by atoms with Gasteiger partial charge in [-0.15, -0.1) is 0 Å². The lowest BCUT2D eigenvalue weighted by atomic mass is 10.0. The third-order valence-corrected chi connectivity index (χ3v) is 4.33. The Bertz CT molecular complexity index is 447. The highest BCUT2D eigenvalue weighted by Crippen LogP contribution is 2.09. The van der Waals surface area contributed by atoms with Crippen molar-refractivity contribution >= 4 is 17.9 Å². The highest BCUT2D eigenvalue weighted by molar-refractivity contribution is 5.67. The number of hydrogen-bond acceptors (Lipinski definition) is 6.